The third-order valence-electron chi connectivity index (χ3n) is 4.24. The lowest BCUT2D eigenvalue weighted by molar-refractivity contribution is -0.165. The highest BCUT2D eigenvalue weighted by Crippen LogP contribution is 2.37. The molecule has 0 radical (unpaired) electrons. The van der Waals surface area contributed by atoms with Crippen molar-refractivity contribution < 1.29 is 19.1 Å². The van der Waals surface area contributed by atoms with Crippen molar-refractivity contribution >= 4 is 11.9 Å². The standard InChI is InChI=1S/C16H24O4/c1-12(2)15(18)20-16(9-5-6-10-16)11-14(17)19-13-7-3-4-8-13/h13H,1,3-11H2,2H3. The molecule has 4 heteroatoms. The van der Waals surface area contributed by atoms with E-state index in [-0.39, 0.29) is 18.5 Å². The van der Waals surface area contributed by atoms with Gasteiger partial charge in [-0.25, -0.2) is 4.79 Å². The molecule has 2 rings (SSSR count). The van der Waals surface area contributed by atoms with Crippen molar-refractivity contribution in [1.82, 2.24) is 0 Å². The van der Waals surface area contributed by atoms with Crippen molar-refractivity contribution in [2.45, 2.75) is 76.4 Å². The predicted molar refractivity (Wildman–Crippen MR) is 75.1 cm³/mol. The van der Waals surface area contributed by atoms with Gasteiger partial charge in [0.1, 0.15) is 11.7 Å². The van der Waals surface area contributed by atoms with Gasteiger partial charge in [-0.2, -0.15) is 0 Å². The molecular weight excluding hydrogens is 256 g/mol. The molecule has 20 heavy (non-hydrogen) atoms. The molecule has 0 aromatic carbocycles. The molecule has 0 aromatic heterocycles. The Morgan fingerprint density at radius 2 is 1.75 bits per heavy atom. The average molecular weight is 280 g/mol. The average Bonchev–Trinajstić information content (AvgIpc) is 3.01. The molecule has 2 aliphatic carbocycles. The second-order valence-electron chi connectivity index (χ2n) is 6.13. The maximum absolute atomic E-state index is 12.1. The second-order valence-corrected chi connectivity index (χ2v) is 6.13. The molecule has 0 aromatic rings. The predicted octanol–water partition coefficient (Wildman–Crippen LogP) is 3.29. The van der Waals surface area contributed by atoms with Gasteiger partial charge in [-0.05, 0) is 58.3 Å². The molecule has 0 N–H and O–H groups in total. The molecule has 0 amide bonds. The monoisotopic (exact) mass is 280 g/mol. The summed E-state index contributed by atoms with van der Waals surface area (Å²) < 4.78 is 11.0. The highest BCUT2D eigenvalue weighted by atomic mass is 16.6. The zero-order chi connectivity index (χ0) is 14.6. The molecule has 0 atom stereocenters. The van der Waals surface area contributed by atoms with Crippen molar-refractivity contribution in [3.05, 3.63) is 12.2 Å². The summed E-state index contributed by atoms with van der Waals surface area (Å²) in [6.07, 6.45) is 7.90. The molecule has 2 saturated carbocycles. The molecule has 0 bridgehead atoms. The normalized spacial score (nSPS) is 21.6. The van der Waals surface area contributed by atoms with Gasteiger partial charge in [0, 0.05) is 5.57 Å². The van der Waals surface area contributed by atoms with Gasteiger partial charge in [-0.3, -0.25) is 4.79 Å². The minimum absolute atomic E-state index is 0.0674. The number of ether oxygens (including phenoxy) is 2. The molecule has 0 aliphatic heterocycles. The fourth-order valence-electron chi connectivity index (χ4n) is 3.11. The largest absolute Gasteiger partial charge is 0.462 e. The van der Waals surface area contributed by atoms with Crippen molar-refractivity contribution in [3.63, 3.8) is 0 Å². The minimum atomic E-state index is -0.661. The van der Waals surface area contributed by atoms with Crippen LogP contribution in [0.2, 0.25) is 0 Å². The van der Waals surface area contributed by atoms with E-state index < -0.39 is 11.6 Å². The van der Waals surface area contributed by atoms with Gasteiger partial charge in [-0.15, -0.1) is 0 Å². The summed E-state index contributed by atoms with van der Waals surface area (Å²) in [5, 5.41) is 0. The maximum Gasteiger partial charge on any atom is 0.333 e. The number of esters is 2. The Labute approximate surface area is 120 Å². The Bertz CT molecular complexity index is 387. The topological polar surface area (TPSA) is 52.6 Å². The van der Waals surface area contributed by atoms with Crippen molar-refractivity contribution in [2.75, 3.05) is 0 Å². The lowest BCUT2D eigenvalue weighted by Crippen LogP contribution is -2.36. The van der Waals surface area contributed by atoms with Gasteiger partial charge in [-0.1, -0.05) is 6.58 Å². The molecule has 0 spiro atoms. The van der Waals surface area contributed by atoms with E-state index in [9.17, 15) is 9.59 Å². The van der Waals surface area contributed by atoms with E-state index in [0.29, 0.717) is 5.57 Å². The van der Waals surface area contributed by atoms with Crippen LogP contribution in [0.25, 0.3) is 0 Å². The Morgan fingerprint density at radius 3 is 2.30 bits per heavy atom. The third kappa shape index (κ3) is 3.84. The summed E-state index contributed by atoms with van der Waals surface area (Å²) in [7, 11) is 0. The Morgan fingerprint density at radius 1 is 1.15 bits per heavy atom. The molecule has 2 aliphatic rings. The van der Waals surface area contributed by atoms with E-state index in [2.05, 4.69) is 6.58 Å². The maximum atomic E-state index is 12.1. The van der Waals surface area contributed by atoms with E-state index in [1.807, 2.05) is 0 Å². The number of carbonyl (C=O) groups excluding carboxylic acids is 2. The number of hydrogen-bond donors (Lipinski definition) is 0. The van der Waals surface area contributed by atoms with Gasteiger partial charge >= 0.3 is 11.9 Å². The smallest absolute Gasteiger partial charge is 0.333 e. The van der Waals surface area contributed by atoms with Crippen LogP contribution in [0, 0.1) is 0 Å². The summed E-state index contributed by atoms with van der Waals surface area (Å²) >= 11 is 0. The Kier molecular flexibility index (Phi) is 4.84. The summed E-state index contributed by atoms with van der Waals surface area (Å²) in [5.74, 6) is -0.631. The molecule has 0 unspecified atom stereocenters. The third-order valence-corrected chi connectivity index (χ3v) is 4.24. The summed E-state index contributed by atoms with van der Waals surface area (Å²) in [4.78, 5) is 23.8. The molecule has 0 heterocycles. The van der Waals surface area contributed by atoms with E-state index in [0.717, 1.165) is 51.4 Å². The second kappa shape index (κ2) is 6.42. The highest BCUT2D eigenvalue weighted by Gasteiger charge is 2.41. The zero-order valence-electron chi connectivity index (χ0n) is 12.3. The Balaban J connectivity index is 1.92. The lowest BCUT2D eigenvalue weighted by atomic mass is 9.97. The van der Waals surface area contributed by atoms with Crippen LogP contribution in [0.1, 0.15) is 64.7 Å². The van der Waals surface area contributed by atoms with Crippen LogP contribution in [0.5, 0.6) is 0 Å². The van der Waals surface area contributed by atoms with Gasteiger partial charge < -0.3 is 9.47 Å². The van der Waals surface area contributed by atoms with Crippen molar-refractivity contribution in [1.29, 1.82) is 0 Å². The van der Waals surface area contributed by atoms with Crippen LogP contribution < -0.4 is 0 Å². The quantitative estimate of drug-likeness (QED) is 0.573. The first-order valence-corrected chi connectivity index (χ1v) is 7.59. The lowest BCUT2D eigenvalue weighted by Gasteiger charge is -2.28. The van der Waals surface area contributed by atoms with E-state index in [1.165, 1.54) is 0 Å². The number of hydrogen-bond acceptors (Lipinski definition) is 4. The van der Waals surface area contributed by atoms with Crippen LogP contribution in [-0.4, -0.2) is 23.6 Å². The van der Waals surface area contributed by atoms with Crippen LogP contribution in [0.4, 0.5) is 0 Å². The van der Waals surface area contributed by atoms with Crippen molar-refractivity contribution in [2.24, 2.45) is 0 Å². The van der Waals surface area contributed by atoms with Gasteiger partial charge in [0.2, 0.25) is 0 Å². The number of rotatable bonds is 5. The molecule has 112 valence electrons. The van der Waals surface area contributed by atoms with E-state index in [4.69, 9.17) is 9.47 Å². The first-order chi connectivity index (χ1) is 9.51. The first-order valence-electron chi connectivity index (χ1n) is 7.59. The molecule has 2 fully saturated rings. The first kappa shape index (κ1) is 15.1. The molecular formula is C16H24O4. The van der Waals surface area contributed by atoms with Crippen molar-refractivity contribution in [3.8, 4) is 0 Å². The summed E-state index contributed by atoms with van der Waals surface area (Å²) in [5.41, 5.74) is -0.286. The van der Waals surface area contributed by atoms with Crippen LogP contribution in [0.3, 0.4) is 0 Å². The minimum Gasteiger partial charge on any atom is -0.462 e. The zero-order valence-corrected chi connectivity index (χ0v) is 12.3. The van der Waals surface area contributed by atoms with Gasteiger partial charge in [0.15, 0.2) is 0 Å². The summed E-state index contributed by atoms with van der Waals surface area (Å²) in [6, 6.07) is 0. The van der Waals surface area contributed by atoms with Gasteiger partial charge in [0.05, 0.1) is 6.42 Å². The molecule has 0 saturated heterocycles. The highest BCUT2D eigenvalue weighted by molar-refractivity contribution is 5.87. The van der Waals surface area contributed by atoms with Crippen LogP contribution in [0.15, 0.2) is 12.2 Å². The Hall–Kier alpha value is -1.32. The van der Waals surface area contributed by atoms with Gasteiger partial charge in [0.25, 0.3) is 0 Å². The SMILES string of the molecule is C=C(C)C(=O)OC1(CC(=O)OC2CCCC2)CCCC1. The fraction of sp³-hybridized carbons (Fsp3) is 0.750. The van der Waals surface area contributed by atoms with Crippen LogP contribution >= 0.6 is 0 Å². The van der Waals surface area contributed by atoms with E-state index in [1.54, 1.807) is 6.92 Å². The summed E-state index contributed by atoms with van der Waals surface area (Å²) in [6.45, 7) is 5.23. The number of carbonyl (C=O) groups is 2. The van der Waals surface area contributed by atoms with Crippen LogP contribution in [-0.2, 0) is 19.1 Å². The molecule has 4 nitrogen and oxygen atoms in total. The fourth-order valence-corrected chi connectivity index (χ4v) is 3.11. The van der Waals surface area contributed by atoms with E-state index >= 15 is 0 Å².